The zero-order valence-corrected chi connectivity index (χ0v) is 9.21. The van der Waals surface area contributed by atoms with Crippen LogP contribution < -0.4 is 5.73 Å². The monoisotopic (exact) mass is 257 g/mol. The van der Waals surface area contributed by atoms with Crippen molar-refractivity contribution >= 4 is 11.9 Å². The molecule has 0 spiro atoms. The van der Waals surface area contributed by atoms with Crippen LogP contribution in [0.5, 0.6) is 0 Å². The van der Waals surface area contributed by atoms with E-state index in [2.05, 4.69) is 0 Å². The summed E-state index contributed by atoms with van der Waals surface area (Å²) in [7, 11) is 0. The second-order valence-corrected chi connectivity index (χ2v) is 3.72. The number of rotatable bonds is 5. The first-order chi connectivity index (χ1) is 8.32. The number of aromatic carboxylic acids is 1. The topological polar surface area (TPSA) is 121 Å². The number of carboxylic acids is 1. The molecule has 7 heteroatoms. The fraction of sp³-hybridized carbons (Fsp3) is 0.273. The molecule has 0 bridgehead atoms. The number of carbonyl (C=O) groups is 2. The Morgan fingerprint density at radius 3 is 2.44 bits per heavy atom. The van der Waals surface area contributed by atoms with Crippen molar-refractivity contribution < 1.29 is 29.3 Å². The van der Waals surface area contributed by atoms with Gasteiger partial charge in [0.15, 0.2) is 0 Å². The average molecular weight is 257 g/mol. The molecule has 1 rings (SSSR count). The predicted molar refractivity (Wildman–Crippen MR) is 58.1 cm³/mol. The average Bonchev–Trinajstić information content (AvgIpc) is 2.26. The lowest BCUT2D eigenvalue weighted by Gasteiger charge is -2.18. The van der Waals surface area contributed by atoms with E-state index in [1.165, 1.54) is 0 Å². The molecule has 0 fully saturated rings. The van der Waals surface area contributed by atoms with Crippen LogP contribution in [0, 0.1) is 5.82 Å². The molecule has 2 atom stereocenters. The van der Waals surface area contributed by atoms with Gasteiger partial charge in [-0.1, -0.05) is 6.07 Å². The maximum Gasteiger partial charge on any atom is 0.336 e. The number of amides is 1. The Bertz CT molecular complexity index is 477. The number of benzene rings is 1. The van der Waals surface area contributed by atoms with Crippen molar-refractivity contribution in [3.8, 4) is 0 Å². The third-order valence-corrected chi connectivity index (χ3v) is 2.34. The summed E-state index contributed by atoms with van der Waals surface area (Å²) in [4.78, 5) is 21.5. The fourth-order valence-corrected chi connectivity index (χ4v) is 1.50. The first kappa shape index (κ1) is 14.1. The van der Waals surface area contributed by atoms with Gasteiger partial charge >= 0.3 is 5.97 Å². The molecule has 0 aliphatic heterocycles. The molecular formula is C11H12FNO5. The first-order valence-electron chi connectivity index (χ1n) is 5.00. The van der Waals surface area contributed by atoms with Gasteiger partial charge in [0.25, 0.3) is 0 Å². The van der Waals surface area contributed by atoms with Gasteiger partial charge in [-0.25, -0.2) is 9.18 Å². The Balaban J connectivity index is 3.08. The van der Waals surface area contributed by atoms with Crippen LogP contribution in [0.1, 0.15) is 28.4 Å². The van der Waals surface area contributed by atoms with E-state index >= 15 is 0 Å². The normalized spacial score (nSPS) is 13.9. The number of hydrogen-bond acceptors (Lipinski definition) is 4. The summed E-state index contributed by atoms with van der Waals surface area (Å²) in [5.41, 5.74) is 4.18. The Morgan fingerprint density at radius 2 is 1.94 bits per heavy atom. The van der Waals surface area contributed by atoms with E-state index < -0.39 is 41.9 Å². The van der Waals surface area contributed by atoms with Gasteiger partial charge in [0.1, 0.15) is 11.9 Å². The van der Waals surface area contributed by atoms with Crippen LogP contribution in [-0.2, 0) is 4.79 Å². The van der Waals surface area contributed by atoms with Crippen molar-refractivity contribution in [2.24, 2.45) is 5.73 Å². The van der Waals surface area contributed by atoms with Crippen LogP contribution in [0.3, 0.4) is 0 Å². The third-order valence-electron chi connectivity index (χ3n) is 2.34. The number of hydrogen-bond donors (Lipinski definition) is 4. The zero-order chi connectivity index (χ0) is 13.9. The highest BCUT2D eigenvalue weighted by Gasteiger charge is 2.25. The quantitative estimate of drug-likeness (QED) is 0.581. The van der Waals surface area contributed by atoms with E-state index in [1.54, 1.807) is 0 Å². The maximum absolute atomic E-state index is 12.9. The minimum absolute atomic E-state index is 0.183. The zero-order valence-electron chi connectivity index (χ0n) is 9.21. The Hall–Kier alpha value is -1.99. The first-order valence-corrected chi connectivity index (χ1v) is 5.00. The molecule has 0 aromatic heterocycles. The van der Waals surface area contributed by atoms with E-state index in [9.17, 15) is 24.2 Å². The standard InChI is InChI=1S/C11H12FNO5/c12-5-1-2-6(7(3-5)11(17)18)10(16)8(14)4-9(13)15/h1-3,8,10,14,16H,4H2,(H2,13,15)(H,17,18). The summed E-state index contributed by atoms with van der Waals surface area (Å²) in [6, 6.07) is 2.70. The highest BCUT2D eigenvalue weighted by atomic mass is 19.1. The Kier molecular flexibility index (Phi) is 4.35. The predicted octanol–water partition coefficient (Wildman–Crippen LogP) is -0.206. The van der Waals surface area contributed by atoms with Gasteiger partial charge in [0.05, 0.1) is 18.1 Å². The lowest BCUT2D eigenvalue weighted by Crippen LogP contribution is -2.26. The number of primary amides is 1. The number of carbonyl (C=O) groups excluding carboxylic acids is 1. The molecule has 0 saturated carbocycles. The molecule has 1 aromatic rings. The molecule has 0 radical (unpaired) electrons. The Morgan fingerprint density at radius 1 is 1.33 bits per heavy atom. The van der Waals surface area contributed by atoms with Gasteiger partial charge in [-0.05, 0) is 17.7 Å². The second-order valence-electron chi connectivity index (χ2n) is 3.72. The van der Waals surface area contributed by atoms with E-state index in [-0.39, 0.29) is 5.56 Å². The number of aliphatic hydroxyl groups excluding tert-OH is 2. The molecule has 6 nitrogen and oxygen atoms in total. The van der Waals surface area contributed by atoms with Crippen molar-refractivity contribution in [3.05, 3.63) is 35.1 Å². The van der Waals surface area contributed by atoms with Crippen molar-refractivity contribution in [2.75, 3.05) is 0 Å². The van der Waals surface area contributed by atoms with Crippen molar-refractivity contribution in [2.45, 2.75) is 18.6 Å². The summed E-state index contributed by atoms with van der Waals surface area (Å²) >= 11 is 0. The van der Waals surface area contributed by atoms with Crippen molar-refractivity contribution in [1.82, 2.24) is 0 Å². The number of carboxylic acid groups (broad SMARTS) is 1. The molecule has 1 amide bonds. The summed E-state index contributed by atoms with van der Waals surface area (Å²) in [6.45, 7) is 0. The van der Waals surface area contributed by atoms with Crippen LogP contribution in [0.25, 0.3) is 0 Å². The summed E-state index contributed by atoms with van der Waals surface area (Å²) < 4.78 is 12.9. The van der Waals surface area contributed by atoms with Gasteiger partial charge in [-0.3, -0.25) is 4.79 Å². The summed E-state index contributed by atoms with van der Waals surface area (Å²) in [5.74, 6) is -3.08. The maximum atomic E-state index is 12.9. The van der Waals surface area contributed by atoms with Crippen LogP contribution in [0.15, 0.2) is 18.2 Å². The Labute approximate surface area is 101 Å². The van der Waals surface area contributed by atoms with Gasteiger partial charge in [0.2, 0.25) is 5.91 Å². The lowest BCUT2D eigenvalue weighted by atomic mass is 9.97. The molecule has 0 heterocycles. The van der Waals surface area contributed by atoms with Crippen LogP contribution >= 0.6 is 0 Å². The highest BCUT2D eigenvalue weighted by Crippen LogP contribution is 2.23. The number of nitrogens with two attached hydrogens (primary N) is 1. The molecule has 98 valence electrons. The van der Waals surface area contributed by atoms with E-state index in [4.69, 9.17) is 10.8 Å². The third kappa shape index (κ3) is 3.25. The smallest absolute Gasteiger partial charge is 0.336 e. The molecule has 1 aromatic carbocycles. The summed E-state index contributed by atoms with van der Waals surface area (Å²) in [6.07, 6.45) is -3.72. The van der Waals surface area contributed by atoms with E-state index in [1.807, 2.05) is 0 Å². The van der Waals surface area contributed by atoms with Gasteiger partial charge in [-0.2, -0.15) is 0 Å². The molecule has 18 heavy (non-hydrogen) atoms. The summed E-state index contributed by atoms with van der Waals surface area (Å²) in [5, 5.41) is 28.0. The minimum Gasteiger partial charge on any atom is -0.478 e. The fourth-order valence-electron chi connectivity index (χ4n) is 1.50. The molecule has 0 aliphatic rings. The van der Waals surface area contributed by atoms with E-state index in [0.717, 1.165) is 18.2 Å². The van der Waals surface area contributed by atoms with E-state index in [0.29, 0.717) is 0 Å². The highest BCUT2D eigenvalue weighted by molar-refractivity contribution is 5.89. The van der Waals surface area contributed by atoms with Crippen LogP contribution in [0.2, 0.25) is 0 Å². The van der Waals surface area contributed by atoms with Crippen molar-refractivity contribution in [3.63, 3.8) is 0 Å². The number of halogens is 1. The molecule has 0 aliphatic carbocycles. The molecule has 0 saturated heterocycles. The molecule has 5 N–H and O–H groups in total. The van der Waals surface area contributed by atoms with Gasteiger partial charge in [-0.15, -0.1) is 0 Å². The lowest BCUT2D eigenvalue weighted by molar-refractivity contribution is -0.121. The number of aliphatic hydroxyl groups is 2. The van der Waals surface area contributed by atoms with Crippen LogP contribution in [0.4, 0.5) is 4.39 Å². The van der Waals surface area contributed by atoms with Gasteiger partial charge < -0.3 is 21.1 Å². The molecular weight excluding hydrogens is 245 g/mol. The SMILES string of the molecule is NC(=O)CC(O)C(O)c1ccc(F)cc1C(=O)O. The van der Waals surface area contributed by atoms with Crippen LogP contribution in [-0.4, -0.2) is 33.3 Å². The van der Waals surface area contributed by atoms with Gasteiger partial charge in [0, 0.05) is 0 Å². The minimum atomic E-state index is -1.64. The second kappa shape index (κ2) is 5.56. The largest absolute Gasteiger partial charge is 0.478 e. The molecule has 2 unspecified atom stereocenters. The van der Waals surface area contributed by atoms with Crippen molar-refractivity contribution in [1.29, 1.82) is 0 Å².